The molecule has 110 valence electrons. The van der Waals surface area contributed by atoms with Gasteiger partial charge in [-0.2, -0.15) is 0 Å². The molecule has 1 saturated carbocycles. The zero-order valence-electron chi connectivity index (χ0n) is 11.9. The van der Waals surface area contributed by atoms with Gasteiger partial charge in [0.1, 0.15) is 11.5 Å². The van der Waals surface area contributed by atoms with E-state index in [4.69, 9.17) is 0 Å². The molecule has 3 rings (SSSR count). The number of phenols is 2. The van der Waals surface area contributed by atoms with Gasteiger partial charge in [0.15, 0.2) is 0 Å². The summed E-state index contributed by atoms with van der Waals surface area (Å²) < 4.78 is 0. The van der Waals surface area contributed by atoms with Crippen molar-refractivity contribution in [2.24, 2.45) is 0 Å². The van der Waals surface area contributed by atoms with Crippen LogP contribution in [0.5, 0.6) is 11.5 Å². The third-order valence-electron chi connectivity index (χ3n) is 4.17. The summed E-state index contributed by atoms with van der Waals surface area (Å²) in [6.45, 7) is 0. The summed E-state index contributed by atoms with van der Waals surface area (Å²) in [6, 6.07) is 15.5. The Morgan fingerprint density at radius 2 is 1.57 bits per heavy atom. The first-order valence-corrected chi connectivity index (χ1v) is 8.34. The fourth-order valence-corrected chi connectivity index (χ4v) is 4.27. The quantitative estimate of drug-likeness (QED) is 0.845. The Bertz CT molecular complexity index is 589. The molecule has 0 atom stereocenters. The average molecular weight is 300 g/mol. The summed E-state index contributed by atoms with van der Waals surface area (Å²) in [5.41, 5.74) is 0.982. The van der Waals surface area contributed by atoms with Crippen molar-refractivity contribution in [2.45, 2.75) is 41.7 Å². The van der Waals surface area contributed by atoms with Crippen LogP contribution in [0.3, 0.4) is 0 Å². The second-order valence-electron chi connectivity index (χ2n) is 5.65. The largest absolute Gasteiger partial charge is 0.508 e. The number of phenolic OH excluding ortho intramolecular Hbond substituents is 2. The van der Waals surface area contributed by atoms with Gasteiger partial charge in [0.2, 0.25) is 0 Å². The monoisotopic (exact) mass is 300 g/mol. The second-order valence-corrected chi connectivity index (χ2v) is 7.02. The Labute approximate surface area is 129 Å². The Kier molecular flexibility index (Phi) is 4.39. The van der Waals surface area contributed by atoms with Crippen LogP contribution >= 0.6 is 11.8 Å². The minimum Gasteiger partial charge on any atom is -0.508 e. The first-order chi connectivity index (χ1) is 10.2. The highest BCUT2D eigenvalue weighted by atomic mass is 32.2. The van der Waals surface area contributed by atoms with Crippen LogP contribution in [0.15, 0.2) is 53.4 Å². The number of hydrogen-bond donors (Lipinski definition) is 2. The van der Waals surface area contributed by atoms with E-state index in [-0.39, 0.29) is 11.5 Å². The molecule has 0 heterocycles. The maximum absolute atomic E-state index is 9.98. The highest BCUT2D eigenvalue weighted by Gasteiger charge is 2.24. The molecule has 21 heavy (non-hydrogen) atoms. The molecule has 0 aliphatic heterocycles. The third kappa shape index (κ3) is 3.53. The first kappa shape index (κ1) is 14.3. The SMILES string of the molecule is Oc1ccc([C@H]2CC[C@H](Sc3ccccc3)CC2)c(O)c1. The van der Waals surface area contributed by atoms with Crippen molar-refractivity contribution in [3.8, 4) is 11.5 Å². The molecule has 2 aromatic rings. The van der Waals surface area contributed by atoms with Gasteiger partial charge < -0.3 is 10.2 Å². The predicted octanol–water partition coefficient (Wildman–Crippen LogP) is 4.92. The Morgan fingerprint density at radius 3 is 2.24 bits per heavy atom. The maximum atomic E-state index is 9.98. The van der Waals surface area contributed by atoms with Crippen LogP contribution in [-0.4, -0.2) is 15.5 Å². The third-order valence-corrected chi connectivity index (χ3v) is 5.52. The molecule has 0 saturated heterocycles. The zero-order chi connectivity index (χ0) is 14.7. The summed E-state index contributed by atoms with van der Waals surface area (Å²) in [4.78, 5) is 1.34. The molecule has 3 heteroatoms. The van der Waals surface area contributed by atoms with E-state index in [0.29, 0.717) is 11.2 Å². The minimum absolute atomic E-state index is 0.129. The minimum atomic E-state index is 0.129. The fraction of sp³-hybridized carbons (Fsp3) is 0.333. The van der Waals surface area contributed by atoms with E-state index >= 15 is 0 Å². The number of aromatic hydroxyl groups is 2. The molecular formula is C18H20O2S. The van der Waals surface area contributed by atoms with Crippen molar-refractivity contribution >= 4 is 11.8 Å². The van der Waals surface area contributed by atoms with Gasteiger partial charge >= 0.3 is 0 Å². The van der Waals surface area contributed by atoms with Crippen LogP contribution in [0.2, 0.25) is 0 Å². The smallest absolute Gasteiger partial charge is 0.122 e. The number of thioether (sulfide) groups is 1. The second kappa shape index (κ2) is 6.44. The molecule has 0 aromatic heterocycles. The normalized spacial score (nSPS) is 22.1. The van der Waals surface area contributed by atoms with Crippen molar-refractivity contribution in [3.05, 3.63) is 54.1 Å². The summed E-state index contributed by atoms with van der Waals surface area (Å²) in [5.74, 6) is 0.775. The van der Waals surface area contributed by atoms with Crippen molar-refractivity contribution in [1.82, 2.24) is 0 Å². The van der Waals surface area contributed by atoms with Crippen LogP contribution in [0.1, 0.15) is 37.2 Å². The number of hydrogen-bond acceptors (Lipinski definition) is 3. The van der Waals surface area contributed by atoms with Gasteiger partial charge in [0.25, 0.3) is 0 Å². The molecule has 1 fully saturated rings. The van der Waals surface area contributed by atoms with E-state index in [1.165, 1.54) is 23.8 Å². The van der Waals surface area contributed by atoms with Gasteiger partial charge in [-0.15, -0.1) is 11.8 Å². The molecule has 1 aliphatic rings. The van der Waals surface area contributed by atoms with Gasteiger partial charge in [-0.1, -0.05) is 24.3 Å². The van der Waals surface area contributed by atoms with E-state index < -0.39 is 0 Å². The van der Waals surface area contributed by atoms with E-state index in [0.717, 1.165) is 18.4 Å². The summed E-state index contributed by atoms with van der Waals surface area (Å²) >= 11 is 1.97. The average Bonchev–Trinajstić information content (AvgIpc) is 2.49. The molecule has 2 aromatic carbocycles. The highest BCUT2D eigenvalue weighted by Crippen LogP contribution is 2.42. The lowest BCUT2D eigenvalue weighted by molar-refractivity contribution is 0.413. The van der Waals surface area contributed by atoms with Gasteiger partial charge in [-0.25, -0.2) is 0 Å². The molecule has 0 spiro atoms. The van der Waals surface area contributed by atoms with Crippen LogP contribution < -0.4 is 0 Å². The topological polar surface area (TPSA) is 40.5 Å². The fourth-order valence-electron chi connectivity index (χ4n) is 3.06. The molecular weight excluding hydrogens is 280 g/mol. The molecule has 0 unspecified atom stereocenters. The zero-order valence-corrected chi connectivity index (χ0v) is 12.7. The van der Waals surface area contributed by atoms with Gasteiger partial charge in [-0.3, -0.25) is 0 Å². The molecule has 0 amide bonds. The molecule has 0 bridgehead atoms. The maximum Gasteiger partial charge on any atom is 0.122 e. The van der Waals surface area contributed by atoms with E-state index in [9.17, 15) is 10.2 Å². The Hall–Kier alpha value is -1.61. The van der Waals surface area contributed by atoms with Gasteiger partial charge in [-0.05, 0) is 55.4 Å². The molecule has 2 nitrogen and oxygen atoms in total. The van der Waals surface area contributed by atoms with Crippen LogP contribution in [0.25, 0.3) is 0 Å². The summed E-state index contributed by atoms with van der Waals surface area (Å²) in [7, 11) is 0. The van der Waals surface area contributed by atoms with Crippen LogP contribution in [0, 0.1) is 0 Å². The van der Waals surface area contributed by atoms with Crippen molar-refractivity contribution in [2.75, 3.05) is 0 Å². The molecule has 0 radical (unpaired) electrons. The van der Waals surface area contributed by atoms with Crippen LogP contribution in [-0.2, 0) is 0 Å². The van der Waals surface area contributed by atoms with E-state index in [1.807, 2.05) is 17.8 Å². The van der Waals surface area contributed by atoms with Crippen molar-refractivity contribution in [3.63, 3.8) is 0 Å². The first-order valence-electron chi connectivity index (χ1n) is 7.46. The lowest BCUT2D eigenvalue weighted by Gasteiger charge is -2.28. The molecule has 1 aliphatic carbocycles. The predicted molar refractivity (Wildman–Crippen MR) is 87.1 cm³/mol. The van der Waals surface area contributed by atoms with Gasteiger partial charge in [0.05, 0.1) is 0 Å². The molecule has 2 N–H and O–H groups in total. The summed E-state index contributed by atoms with van der Waals surface area (Å²) in [6.07, 6.45) is 4.54. The van der Waals surface area contributed by atoms with E-state index in [1.54, 1.807) is 6.07 Å². The van der Waals surface area contributed by atoms with Gasteiger partial charge in [0, 0.05) is 16.2 Å². The lowest BCUT2D eigenvalue weighted by Crippen LogP contribution is -2.15. The van der Waals surface area contributed by atoms with Crippen molar-refractivity contribution < 1.29 is 10.2 Å². The Morgan fingerprint density at radius 1 is 0.857 bits per heavy atom. The number of benzene rings is 2. The lowest BCUT2D eigenvalue weighted by atomic mass is 9.83. The van der Waals surface area contributed by atoms with E-state index in [2.05, 4.69) is 30.3 Å². The standard InChI is InChI=1S/C18H20O2S/c19-14-8-11-17(18(20)12-14)13-6-9-16(10-7-13)21-15-4-2-1-3-5-15/h1-5,8,11-13,16,19-20H,6-7,9-10H2/t13-,16-. The van der Waals surface area contributed by atoms with Crippen LogP contribution in [0.4, 0.5) is 0 Å². The highest BCUT2D eigenvalue weighted by molar-refractivity contribution is 8.00. The number of rotatable bonds is 3. The van der Waals surface area contributed by atoms with Crippen molar-refractivity contribution in [1.29, 1.82) is 0 Å². The summed E-state index contributed by atoms with van der Waals surface area (Å²) in [5, 5.41) is 20.0. The Balaban J connectivity index is 1.60.